The van der Waals surface area contributed by atoms with Crippen molar-refractivity contribution in [3.63, 3.8) is 0 Å². The molecule has 0 bridgehead atoms. The molecule has 5 heteroatoms. The second kappa shape index (κ2) is 6.87. The Morgan fingerprint density at radius 1 is 1.21 bits per heavy atom. The number of aromatic nitrogens is 1. The van der Waals surface area contributed by atoms with Crippen LogP contribution in [-0.2, 0) is 11.3 Å². The minimum absolute atomic E-state index is 0.0104. The molecule has 5 nitrogen and oxygen atoms in total. The van der Waals surface area contributed by atoms with Gasteiger partial charge in [0.15, 0.2) is 0 Å². The molecule has 1 aromatic rings. The van der Waals surface area contributed by atoms with Crippen LogP contribution in [0, 0.1) is 0 Å². The van der Waals surface area contributed by atoms with E-state index in [2.05, 4.69) is 10.5 Å². The summed E-state index contributed by atoms with van der Waals surface area (Å²) in [6.07, 6.45) is 8.30. The smallest absolute Gasteiger partial charge is 0.260 e. The van der Waals surface area contributed by atoms with Gasteiger partial charge in [-0.25, -0.2) is 5.43 Å². The van der Waals surface area contributed by atoms with Gasteiger partial charge in [-0.2, -0.15) is 5.10 Å². The molecular weight excluding hydrogens is 242 g/mol. The summed E-state index contributed by atoms with van der Waals surface area (Å²) in [5.41, 5.74) is 3.43. The number of amides is 1. The Morgan fingerprint density at radius 3 is 2.63 bits per heavy atom. The molecule has 2 rings (SSSR count). The van der Waals surface area contributed by atoms with Gasteiger partial charge in [-0.15, -0.1) is 0 Å². The quantitative estimate of drug-likeness (QED) is 0.664. The van der Waals surface area contributed by atoms with Crippen molar-refractivity contribution in [3.8, 4) is 0 Å². The van der Waals surface area contributed by atoms with Crippen molar-refractivity contribution in [1.29, 1.82) is 0 Å². The van der Waals surface area contributed by atoms with Gasteiger partial charge < -0.3 is 4.57 Å². The van der Waals surface area contributed by atoms with Crippen LogP contribution < -0.4 is 11.0 Å². The molecule has 1 N–H and O–H groups in total. The fourth-order valence-corrected chi connectivity index (χ4v) is 2.17. The average molecular weight is 261 g/mol. The Morgan fingerprint density at radius 2 is 1.95 bits per heavy atom. The van der Waals surface area contributed by atoms with Gasteiger partial charge in [0.25, 0.3) is 11.5 Å². The first-order valence-corrected chi connectivity index (χ1v) is 6.75. The van der Waals surface area contributed by atoms with E-state index in [1.165, 1.54) is 23.5 Å². The van der Waals surface area contributed by atoms with Crippen LogP contribution in [0.25, 0.3) is 0 Å². The Balaban J connectivity index is 1.89. The Hall–Kier alpha value is -1.91. The molecule has 1 amide bonds. The summed E-state index contributed by atoms with van der Waals surface area (Å²) >= 11 is 0. The number of nitrogens with one attached hydrogen (secondary N) is 1. The van der Waals surface area contributed by atoms with Crippen LogP contribution in [0.5, 0.6) is 0 Å². The number of hydrogen-bond donors (Lipinski definition) is 1. The van der Waals surface area contributed by atoms with Crippen molar-refractivity contribution >= 4 is 11.6 Å². The van der Waals surface area contributed by atoms with E-state index in [0.29, 0.717) is 0 Å². The van der Waals surface area contributed by atoms with Crippen LogP contribution in [0.4, 0.5) is 0 Å². The minimum Gasteiger partial charge on any atom is -0.306 e. The predicted molar refractivity (Wildman–Crippen MR) is 74.0 cm³/mol. The Labute approximate surface area is 112 Å². The third-order valence-electron chi connectivity index (χ3n) is 3.23. The van der Waals surface area contributed by atoms with Crippen molar-refractivity contribution in [3.05, 3.63) is 34.7 Å². The first kappa shape index (κ1) is 13.5. The summed E-state index contributed by atoms with van der Waals surface area (Å²) in [5, 5.41) is 4.17. The van der Waals surface area contributed by atoms with Gasteiger partial charge in [-0.3, -0.25) is 9.59 Å². The molecule has 1 saturated carbocycles. The first-order valence-electron chi connectivity index (χ1n) is 6.75. The van der Waals surface area contributed by atoms with Gasteiger partial charge >= 0.3 is 0 Å². The molecule has 0 radical (unpaired) electrons. The van der Waals surface area contributed by atoms with Crippen molar-refractivity contribution in [2.75, 3.05) is 0 Å². The lowest BCUT2D eigenvalue weighted by Crippen LogP contribution is -2.29. The van der Waals surface area contributed by atoms with Crippen LogP contribution in [-0.4, -0.2) is 16.2 Å². The topological polar surface area (TPSA) is 63.5 Å². The SMILES string of the molecule is O=C(Cn1ccccc1=O)NN=C1CCCCCC1. The maximum atomic E-state index is 11.7. The van der Waals surface area contributed by atoms with Gasteiger partial charge in [0, 0.05) is 18.0 Å². The lowest BCUT2D eigenvalue weighted by Gasteiger charge is -2.05. The van der Waals surface area contributed by atoms with E-state index >= 15 is 0 Å². The zero-order valence-corrected chi connectivity index (χ0v) is 11.0. The number of pyridine rings is 1. The van der Waals surface area contributed by atoms with E-state index in [1.54, 1.807) is 18.3 Å². The summed E-state index contributed by atoms with van der Waals surface area (Å²) in [6, 6.07) is 4.82. The van der Waals surface area contributed by atoms with Gasteiger partial charge in [0.1, 0.15) is 6.54 Å². The lowest BCUT2D eigenvalue weighted by molar-refractivity contribution is -0.121. The maximum Gasteiger partial charge on any atom is 0.260 e. The highest BCUT2D eigenvalue weighted by Gasteiger charge is 2.07. The second-order valence-electron chi connectivity index (χ2n) is 4.79. The molecule has 0 aliphatic heterocycles. The molecule has 1 heterocycles. The van der Waals surface area contributed by atoms with E-state index in [4.69, 9.17) is 0 Å². The second-order valence-corrected chi connectivity index (χ2v) is 4.79. The van der Waals surface area contributed by atoms with Gasteiger partial charge in [-0.05, 0) is 31.7 Å². The standard InChI is InChI=1S/C14H19N3O2/c18-13(11-17-10-6-5-9-14(17)19)16-15-12-7-3-1-2-4-8-12/h5-6,9-10H,1-4,7-8,11H2,(H,16,18). The van der Waals surface area contributed by atoms with Crippen LogP contribution in [0.2, 0.25) is 0 Å². The summed E-state index contributed by atoms with van der Waals surface area (Å²) in [5.74, 6) is -0.259. The van der Waals surface area contributed by atoms with Crippen molar-refractivity contribution in [2.24, 2.45) is 5.10 Å². The largest absolute Gasteiger partial charge is 0.306 e. The molecule has 1 aromatic heterocycles. The molecule has 0 unspecified atom stereocenters. The number of carbonyl (C=O) groups is 1. The number of nitrogens with zero attached hydrogens (tertiary/aromatic N) is 2. The molecule has 1 aliphatic carbocycles. The van der Waals surface area contributed by atoms with Crippen LogP contribution >= 0.6 is 0 Å². The van der Waals surface area contributed by atoms with Crippen molar-refractivity contribution in [1.82, 2.24) is 9.99 Å². The van der Waals surface area contributed by atoms with Crippen molar-refractivity contribution < 1.29 is 4.79 Å². The number of rotatable bonds is 3. The molecule has 0 atom stereocenters. The van der Waals surface area contributed by atoms with Crippen LogP contribution in [0.15, 0.2) is 34.3 Å². The van der Waals surface area contributed by atoms with E-state index in [9.17, 15) is 9.59 Å². The van der Waals surface area contributed by atoms with Gasteiger partial charge in [0.05, 0.1) is 0 Å². The Bertz CT molecular complexity index is 509. The number of hydrazone groups is 1. The van der Waals surface area contributed by atoms with E-state index in [-0.39, 0.29) is 18.0 Å². The van der Waals surface area contributed by atoms with Gasteiger partial charge in [-0.1, -0.05) is 18.9 Å². The van der Waals surface area contributed by atoms with Crippen LogP contribution in [0.1, 0.15) is 38.5 Å². The summed E-state index contributed by atoms with van der Waals surface area (Å²) in [6.45, 7) is 0.0104. The zero-order chi connectivity index (χ0) is 13.5. The maximum absolute atomic E-state index is 11.7. The molecule has 0 saturated heterocycles. The van der Waals surface area contributed by atoms with Crippen LogP contribution in [0.3, 0.4) is 0 Å². The van der Waals surface area contributed by atoms with E-state index in [0.717, 1.165) is 31.4 Å². The molecule has 19 heavy (non-hydrogen) atoms. The minimum atomic E-state index is -0.259. The number of hydrogen-bond acceptors (Lipinski definition) is 3. The molecule has 0 aromatic carbocycles. The lowest BCUT2D eigenvalue weighted by atomic mass is 10.2. The van der Waals surface area contributed by atoms with E-state index < -0.39 is 0 Å². The van der Waals surface area contributed by atoms with E-state index in [1.807, 2.05) is 0 Å². The van der Waals surface area contributed by atoms with Gasteiger partial charge in [0.2, 0.25) is 0 Å². The predicted octanol–water partition coefficient (Wildman–Crippen LogP) is 1.67. The molecule has 102 valence electrons. The third-order valence-corrected chi connectivity index (χ3v) is 3.23. The molecule has 0 spiro atoms. The highest BCUT2D eigenvalue weighted by atomic mass is 16.2. The number of carbonyl (C=O) groups excluding carboxylic acids is 1. The Kier molecular flexibility index (Phi) is 4.89. The molecule has 1 aliphatic rings. The first-order chi connectivity index (χ1) is 9.25. The summed E-state index contributed by atoms with van der Waals surface area (Å²) < 4.78 is 1.36. The summed E-state index contributed by atoms with van der Waals surface area (Å²) in [7, 11) is 0. The average Bonchev–Trinajstić information content (AvgIpc) is 2.68. The van der Waals surface area contributed by atoms with Crippen molar-refractivity contribution in [2.45, 2.75) is 45.1 Å². The fourth-order valence-electron chi connectivity index (χ4n) is 2.17. The highest BCUT2D eigenvalue weighted by Crippen LogP contribution is 2.14. The highest BCUT2D eigenvalue weighted by molar-refractivity contribution is 5.86. The third kappa shape index (κ3) is 4.35. The zero-order valence-electron chi connectivity index (χ0n) is 11.0. The molecule has 1 fully saturated rings. The molecular formula is C14H19N3O2. The summed E-state index contributed by atoms with van der Waals surface area (Å²) in [4.78, 5) is 23.2. The fraction of sp³-hybridized carbons (Fsp3) is 0.500. The monoisotopic (exact) mass is 261 g/mol. The normalized spacial score (nSPS) is 15.7.